The zero-order valence-corrected chi connectivity index (χ0v) is 12.8. The Balaban J connectivity index is 2.07. The van der Waals surface area contributed by atoms with Gasteiger partial charge in [0.25, 0.3) is 0 Å². The average molecular weight is 282 g/mol. The highest BCUT2D eigenvalue weighted by molar-refractivity contribution is 6.31. The van der Waals surface area contributed by atoms with Gasteiger partial charge < -0.3 is 5.11 Å². The van der Waals surface area contributed by atoms with Gasteiger partial charge in [-0.25, -0.2) is 0 Å². The topological polar surface area (TPSA) is 23.5 Å². The van der Waals surface area contributed by atoms with Gasteiger partial charge in [-0.2, -0.15) is 0 Å². The lowest BCUT2D eigenvalue weighted by Crippen LogP contribution is -2.45. The van der Waals surface area contributed by atoms with Gasteiger partial charge in [0.15, 0.2) is 0 Å². The molecular weight excluding hydrogens is 258 g/mol. The summed E-state index contributed by atoms with van der Waals surface area (Å²) in [6.07, 6.45) is 3.33. The van der Waals surface area contributed by atoms with Crippen LogP contribution in [-0.2, 0) is 0 Å². The molecule has 3 heteroatoms. The molecule has 3 atom stereocenters. The van der Waals surface area contributed by atoms with E-state index in [4.69, 9.17) is 11.6 Å². The van der Waals surface area contributed by atoms with Crippen LogP contribution in [0.5, 0.6) is 0 Å². The highest BCUT2D eigenvalue weighted by Crippen LogP contribution is 2.27. The Morgan fingerprint density at radius 3 is 2.53 bits per heavy atom. The van der Waals surface area contributed by atoms with Crippen LogP contribution in [0.2, 0.25) is 5.02 Å². The van der Waals surface area contributed by atoms with Crippen molar-refractivity contribution in [2.75, 3.05) is 6.54 Å². The second kappa shape index (κ2) is 6.25. The zero-order chi connectivity index (χ0) is 14.0. The SMILES string of the molecule is Cc1cc(C(O)CN2C(C)CCCC2C)ccc1Cl. The first-order valence-electron chi connectivity index (χ1n) is 7.19. The van der Waals surface area contributed by atoms with Crippen LogP contribution in [0.4, 0.5) is 0 Å². The third kappa shape index (κ3) is 3.50. The van der Waals surface area contributed by atoms with Gasteiger partial charge in [-0.3, -0.25) is 4.90 Å². The number of benzene rings is 1. The predicted octanol–water partition coefficient (Wildman–Crippen LogP) is 3.94. The van der Waals surface area contributed by atoms with Crippen LogP contribution in [0.25, 0.3) is 0 Å². The molecule has 0 bridgehead atoms. The van der Waals surface area contributed by atoms with Crippen LogP contribution in [-0.4, -0.2) is 28.6 Å². The molecule has 19 heavy (non-hydrogen) atoms. The Morgan fingerprint density at radius 2 is 1.95 bits per heavy atom. The van der Waals surface area contributed by atoms with Gasteiger partial charge in [0.05, 0.1) is 6.10 Å². The van der Waals surface area contributed by atoms with E-state index in [1.807, 2.05) is 25.1 Å². The van der Waals surface area contributed by atoms with E-state index in [9.17, 15) is 5.11 Å². The molecule has 0 aromatic heterocycles. The molecule has 3 unspecified atom stereocenters. The van der Waals surface area contributed by atoms with Crippen molar-refractivity contribution < 1.29 is 5.11 Å². The number of aliphatic hydroxyl groups is 1. The van der Waals surface area contributed by atoms with E-state index >= 15 is 0 Å². The van der Waals surface area contributed by atoms with Crippen molar-refractivity contribution in [3.63, 3.8) is 0 Å². The third-order valence-electron chi connectivity index (χ3n) is 4.33. The monoisotopic (exact) mass is 281 g/mol. The van der Waals surface area contributed by atoms with Crippen LogP contribution in [0.15, 0.2) is 18.2 Å². The van der Waals surface area contributed by atoms with Crippen LogP contribution >= 0.6 is 11.6 Å². The number of hydrogen-bond acceptors (Lipinski definition) is 2. The summed E-state index contributed by atoms with van der Waals surface area (Å²) in [4.78, 5) is 2.43. The highest BCUT2D eigenvalue weighted by Gasteiger charge is 2.26. The Labute approximate surface area is 121 Å². The largest absolute Gasteiger partial charge is 0.387 e. The molecule has 1 aromatic rings. The normalized spacial score (nSPS) is 26.4. The molecule has 2 nitrogen and oxygen atoms in total. The van der Waals surface area contributed by atoms with Crippen molar-refractivity contribution in [2.24, 2.45) is 0 Å². The second-order valence-corrected chi connectivity index (χ2v) is 6.26. The highest BCUT2D eigenvalue weighted by atomic mass is 35.5. The molecule has 0 aliphatic carbocycles. The Kier molecular flexibility index (Phi) is 4.88. The smallest absolute Gasteiger partial charge is 0.0917 e. The second-order valence-electron chi connectivity index (χ2n) is 5.85. The van der Waals surface area contributed by atoms with Crippen molar-refractivity contribution in [3.05, 3.63) is 34.3 Å². The fraction of sp³-hybridized carbons (Fsp3) is 0.625. The van der Waals surface area contributed by atoms with Gasteiger partial charge in [-0.1, -0.05) is 30.2 Å². The minimum absolute atomic E-state index is 0.432. The lowest BCUT2D eigenvalue weighted by molar-refractivity contribution is 0.0411. The van der Waals surface area contributed by atoms with Gasteiger partial charge >= 0.3 is 0 Å². The molecule has 1 aromatic carbocycles. The number of likely N-dealkylation sites (tertiary alicyclic amines) is 1. The van der Waals surface area contributed by atoms with Crippen LogP contribution in [0.1, 0.15) is 50.3 Å². The lowest BCUT2D eigenvalue weighted by Gasteiger charge is -2.40. The van der Waals surface area contributed by atoms with E-state index in [0.717, 1.165) is 16.1 Å². The summed E-state index contributed by atoms with van der Waals surface area (Å²) in [5.74, 6) is 0. The molecule has 1 N–H and O–H groups in total. The molecule has 1 aliphatic heterocycles. The summed E-state index contributed by atoms with van der Waals surface area (Å²) < 4.78 is 0. The summed E-state index contributed by atoms with van der Waals surface area (Å²) in [5, 5.41) is 11.2. The molecular formula is C16H24ClNO. The fourth-order valence-corrected chi connectivity index (χ4v) is 3.13. The predicted molar refractivity (Wildman–Crippen MR) is 80.6 cm³/mol. The van der Waals surface area contributed by atoms with Crippen molar-refractivity contribution in [2.45, 2.75) is 58.2 Å². The lowest BCUT2D eigenvalue weighted by atomic mass is 9.96. The van der Waals surface area contributed by atoms with Gasteiger partial charge in [0.1, 0.15) is 0 Å². The number of nitrogens with zero attached hydrogens (tertiary/aromatic N) is 1. The molecule has 2 rings (SSSR count). The number of aliphatic hydroxyl groups excluding tert-OH is 1. The molecule has 1 heterocycles. The summed E-state index contributed by atoms with van der Waals surface area (Å²) in [5.41, 5.74) is 1.99. The van der Waals surface area contributed by atoms with E-state index in [-0.39, 0.29) is 0 Å². The van der Waals surface area contributed by atoms with Crippen LogP contribution < -0.4 is 0 Å². The molecule has 1 aliphatic rings. The van der Waals surface area contributed by atoms with Gasteiger partial charge in [0, 0.05) is 23.7 Å². The standard InChI is InChI=1S/C16H24ClNO/c1-11-9-14(7-8-15(11)17)16(19)10-18-12(2)5-4-6-13(18)3/h7-9,12-13,16,19H,4-6,10H2,1-3H3. The first kappa shape index (κ1) is 14.8. The summed E-state index contributed by atoms with van der Waals surface area (Å²) in [6, 6.07) is 6.92. The number of piperidine rings is 1. The molecule has 1 fully saturated rings. The minimum Gasteiger partial charge on any atom is -0.387 e. The van der Waals surface area contributed by atoms with Gasteiger partial charge in [-0.15, -0.1) is 0 Å². The average Bonchev–Trinajstić information content (AvgIpc) is 2.37. The van der Waals surface area contributed by atoms with E-state index in [2.05, 4.69) is 18.7 Å². The first-order valence-corrected chi connectivity index (χ1v) is 7.56. The number of halogens is 1. The number of aryl methyl sites for hydroxylation is 1. The van der Waals surface area contributed by atoms with Crippen molar-refractivity contribution in [1.82, 2.24) is 4.90 Å². The van der Waals surface area contributed by atoms with E-state index in [1.54, 1.807) is 0 Å². The molecule has 0 radical (unpaired) electrons. The van der Waals surface area contributed by atoms with Crippen LogP contribution in [0.3, 0.4) is 0 Å². The van der Waals surface area contributed by atoms with Crippen molar-refractivity contribution >= 4 is 11.6 Å². The summed E-state index contributed by atoms with van der Waals surface area (Å²) >= 11 is 6.03. The maximum atomic E-state index is 10.4. The van der Waals surface area contributed by atoms with Crippen molar-refractivity contribution in [3.8, 4) is 0 Å². The Bertz CT molecular complexity index is 425. The number of hydrogen-bond donors (Lipinski definition) is 1. The van der Waals surface area contributed by atoms with Gasteiger partial charge in [-0.05, 0) is 50.8 Å². The van der Waals surface area contributed by atoms with Gasteiger partial charge in [0.2, 0.25) is 0 Å². The third-order valence-corrected chi connectivity index (χ3v) is 4.75. The van der Waals surface area contributed by atoms with E-state index < -0.39 is 6.10 Å². The first-order chi connectivity index (χ1) is 8.99. The van der Waals surface area contributed by atoms with Crippen molar-refractivity contribution in [1.29, 1.82) is 0 Å². The molecule has 0 spiro atoms. The molecule has 106 valence electrons. The Morgan fingerprint density at radius 1 is 1.32 bits per heavy atom. The molecule has 0 saturated carbocycles. The maximum Gasteiger partial charge on any atom is 0.0917 e. The molecule has 0 amide bonds. The fourth-order valence-electron chi connectivity index (χ4n) is 3.01. The van der Waals surface area contributed by atoms with E-state index in [0.29, 0.717) is 18.6 Å². The zero-order valence-electron chi connectivity index (χ0n) is 12.1. The Hall–Kier alpha value is -0.570. The minimum atomic E-state index is -0.432. The van der Waals surface area contributed by atoms with E-state index in [1.165, 1.54) is 19.3 Å². The summed E-state index contributed by atoms with van der Waals surface area (Å²) in [7, 11) is 0. The number of β-amino-alcohol motifs (C(OH)–C–C–N with tert-alkyl or cyclic N) is 1. The number of rotatable bonds is 3. The van der Waals surface area contributed by atoms with Crippen LogP contribution in [0, 0.1) is 6.92 Å². The maximum absolute atomic E-state index is 10.4. The molecule has 1 saturated heterocycles. The summed E-state index contributed by atoms with van der Waals surface area (Å²) in [6.45, 7) is 7.21. The quantitative estimate of drug-likeness (QED) is 0.907.